The van der Waals surface area contributed by atoms with E-state index in [4.69, 9.17) is 4.42 Å². The Morgan fingerprint density at radius 1 is 1.24 bits per heavy atom. The number of aliphatic hydroxyl groups excluding tert-OH is 1. The molecule has 0 bridgehead atoms. The number of anilines is 1. The maximum atomic E-state index is 12.4. The van der Waals surface area contributed by atoms with Crippen LogP contribution in [0.25, 0.3) is 11.0 Å². The van der Waals surface area contributed by atoms with Crippen LogP contribution in [0.1, 0.15) is 42.0 Å². The fourth-order valence-corrected chi connectivity index (χ4v) is 3.13. The van der Waals surface area contributed by atoms with E-state index in [1.54, 1.807) is 12.3 Å². The van der Waals surface area contributed by atoms with Crippen molar-refractivity contribution < 1.29 is 14.3 Å². The zero-order chi connectivity index (χ0) is 18.0. The van der Waals surface area contributed by atoms with Crippen LogP contribution in [0.15, 0.2) is 47.1 Å². The van der Waals surface area contributed by atoms with Gasteiger partial charge in [0.05, 0.1) is 19.3 Å². The Labute approximate surface area is 147 Å². The molecular weight excluding hydrogens is 314 g/mol. The Balaban J connectivity index is 1.82. The van der Waals surface area contributed by atoms with E-state index in [1.165, 1.54) is 11.1 Å². The molecule has 25 heavy (non-hydrogen) atoms. The highest BCUT2D eigenvalue weighted by Gasteiger charge is 2.14. The second-order valence-corrected chi connectivity index (χ2v) is 6.70. The molecule has 0 saturated carbocycles. The first kappa shape index (κ1) is 17.2. The molecule has 1 amide bonds. The lowest BCUT2D eigenvalue weighted by Crippen LogP contribution is -2.14. The average Bonchev–Trinajstić information content (AvgIpc) is 2.95. The molecule has 2 N–H and O–H groups in total. The van der Waals surface area contributed by atoms with Crippen LogP contribution in [0.2, 0.25) is 0 Å². The number of rotatable bonds is 5. The highest BCUT2D eigenvalue weighted by Crippen LogP contribution is 2.29. The summed E-state index contributed by atoms with van der Waals surface area (Å²) in [6, 6.07) is 11.4. The van der Waals surface area contributed by atoms with Gasteiger partial charge >= 0.3 is 0 Å². The third-order valence-electron chi connectivity index (χ3n) is 4.41. The van der Waals surface area contributed by atoms with Gasteiger partial charge in [0.15, 0.2) is 0 Å². The number of fused-ring (bicyclic) bond motifs is 1. The first-order chi connectivity index (χ1) is 12.0. The van der Waals surface area contributed by atoms with Crippen molar-refractivity contribution in [3.05, 3.63) is 64.9 Å². The molecule has 0 radical (unpaired) electrons. The summed E-state index contributed by atoms with van der Waals surface area (Å²) in [7, 11) is 0. The molecule has 0 atom stereocenters. The van der Waals surface area contributed by atoms with Crippen molar-refractivity contribution in [3.8, 4) is 0 Å². The lowest BCUT2D eigenvalue weighted by Gasteiger charge is -2.10. The zero-order valence-electron chi connectivity index (χ0n) is 14.8. The average molecular weight is 337 g/mol. The molecule has 3 aromatic rings. The van der Waals surface area contributed by atoms with Gasteiger partial charge in [0.25, 0.3) is 0 Å². The van der Waals surface area contributed by atoms with Gasteiger partial charge in [-0.1, -0.05) is 26.0 Å². The van der Waals surface area contributed by atoms with E-state index in [9.17, 15) is 9.90 Å². The zero-order valence-corrected chi connectivity index (χ0v) is 14.8. The van der Waals surface area contributed by atoms with Gasteiger partial charge in [0.1, 0.15) is 5.58 Å². The second kappa shape index (κ2) is 7.11. The van der Waals surface area contributed by atoms with Crippen molar-refractivity contribution in [3.63, 3.8) is 0 Å². The van der Waals surface area contributed by atoms with Crippen LogP contribution in [0, 0.1) is 6.92 Å². The van der Waals surface area contributed by atoms with E-state index in [2.05, 4.69) is 32.2 Å². The Hall–Kier alpha value is -2.59. The lowest BCUT2D eigenvalue weighted by atomic mass is 9.95. The summed E-state index contributed by atoms with van der Waals surface area (Å²) >= 11 is 0. The minimum atomic E-state index is -0.107. The van der Waals surface area contributed by atoms with Crippen LogP contribution in [-0.2, 0) is 17.8 Å². The molecule has 4 nitrogen and oxygen atoms in total. The Morgan fingerprint density at radius 2 is 2.04 bits per heavy atom. The number of carbonyl (C=O) groups excluding carboxylic acids is 1. The number of aliphatic hydroxyl groups is 1. The topological polar surface area (TPSA) is 62.5 Å². The maximum absolute atomic E-state index is 12.4. The van der Waals surface area contributed by atoms with Crippen LogP contribution in [-0.4, -0.2) is 11.0 Å². The van der Waals surface area contributed by atoms with Crippen LogP contribution in [0.3, 0.4) is 0 Å². The van der Waals surface area contributed by atoms with E-state index in [-0.39, 0.29) is 18.9 Å². The number of hydrogen-bond acceptors (Lipinski definition) is 3. The Bertz CT molecular complexity index is 909. The summed E-state index contributed by atoms with van der Waals surface area (Å²) in [5, 5.41) is 13.1. The van der Waals surface area contributed by atoms with Crippen molar-refractivity contribution in [2.75, 3.05) is 5.32 Å². The van der Waals surface area contributed by atoms with Crippen LogP contribution in [0.4, 0.5) is 5.69 Å². The summed E-state index contributed by atoms with van der Waals surface area (Å²) in [5.41, 5.74) is 5.62. The SMILES string of the molecule is Cc1cc2occ(CC(=O)Nc3cccc(CO)c3)c2cc1C(C)C. The number of furan rings is 1. The van der Waals surface area contributed by atoms with Gasteiger partial charge in [-0.15, -0.1) is 0 Å². The molecule has 3 rings (SSSR count). The molecular formula is C21H23NO3. The predicted octanol–water partition coefficient (Wildman–Crippen LogP) is 4.54. The van der Waals surface area contributed by atoms with Crippen LogP contribution >= 0.6 is 0 Å². The Kier molecular flexibility index (Phi) is 4.91. The molecule has 0 saturated heterocycles. The van der Waals surface area contributed by atoms with Crippen LogP contribution in [0.5, 0.6) is 0 Å². The van der Waals surface area contributed by atoms with E-state index in [1.807, 2.05) is 24.3 Å². The molecule has 4 heteroatoms. The van der Waals surface area contributed by atoms with E-state index in [0.29, 0.717) is 11.6 Å². The molecule has 2 aromatic carbocycles. The van der Waals surface area contributed by atoms with Gasteiger partial charge in [-0.25, -0.2) is 0 Å². The van der Waals surface area contributed by atoms with Gasteiger partial charge in [0.2, 0.25) is 5.91 Å². The highest BCUT2D eigenvalue weighted by atomic mass is 16.3. The van der Waals surface area contributed by atoms with Gasteiger partial charge in [-0.3, -0.25) is 4.79 Å². The minimum Gasteiger partial charge on any atom is -0.464 e. The monoisotopic (exact) mass is 337 g/mol. The highest BCUT2D eigenvalue weighted by molar-refractivity contribution is 5.95. The summed E-state index contributed by atoms with van der Waals surface area (Å²) in [6.07, 6.45) is 1.91. The fraction of sp³-hybridized carbons (Fsp3) is 0.286. The number of nitrogens with one attached hydrogen (secondary N) is 1. The summed E-state index contributed by atoms with van der Waals surface area (Å²) in [5.74, 6) is 0.312. The predicted molar refractivity (Wildman–Crippen MR) is 99.7 cm³/mol. The van der Waals surface area contributed by atoms with Crippen molar-refractivity contribution in [1.29, 1.82) is 0 Å². The largest absolute Gasteiger partial charge is 0.464 e. The van der Waals surface area contributed by atoms with Crippen molar-refractivity contribution >= 4 is 22.6 Å². The first-order valence-electron chi connectivity index (χ1n) is 8.48. The van der Waals surface area contributed by atoms with Crippen molar-refractivity contribution in [2.45, 2.75) is 39.7 Å². The first-order valence-corrected chi connectivity index (χ1v) is 8.48. The van der Waals surface area contributed by atoms with Gasteiger partial charge in [-0.2, -0.15) is 0 Å². The molecule has 1 heterocycles. The van der Waals surface area contributed by atoms with Crippen molar-refractivity contribution in [1.82, 2.24) is 0 Å². The third kappa shape index (κ3) is 3.74. The number of amides is 1. The minimum absolute atomic E-state index is 0.0482. The Morgan fingerprint density at radius 3 is 2.76 bits per heavy atom. The standard InChI is InChI=1S/C21H23NO3/c1-13(2)18-10-19-16(12-25-20(19)7-14(18)3)9-21(24)22-17-6-4-5-15(8-17)11-23/h4-8,10,12-13,23H,9,11H2,1-3H3,(H,22,24). The summed E-state index contributed by atoms with van der Waals surface area (Å²) in [4.78, 5) is 12.4. The summed E-state index contributed by atoms with van der Waals surface area (Å²) in [6.45, 7) is 6.36. The quantitative estimate of drug-likeness (QED) is 0.718. The number of hydrogen-bond donors (Lipinski definition) is 2. The molecule has 130 valence electrons. The third-order valence-corrected chi connectivity index (χ3v) is 4.41. The van der Waals surface area contributed by atoms with E-state index >= 15 is 0 Å². The van der Waals surface area contributed by atoms with Crippen LogP contribution < -0.4 is 5.32 Å². The van der Waals surface area contributed by atoms with Gasteiger partial charge in [-0.05, 0) is 53.8 Å². The number of benzene rings is 2. The normalized spacial score (nSPS) is 11.2. The van der Waals surface area contributed by atoms with E-state index < -0.39 is 0 Å². The number of carbonyl (C=O) groups is 1. The molecule has 0 spiro atoms. The smallest absolute Gasteiger partial charge is 0.228 e. The lowest BCUT2D eigenvalue weighted by molar-refractivity contribution is -0.115. The van der Waals surface area contributed by atoms with Gasteiger partial charge < -0.3 is 14.8 Å². The molecule has 1 aromatic heterocycles. The summed E-state index contributed by atoms with van der Waals surface area (Å²) < 4.78 is 5.64. The molecule has 0 aliphatic carbocycles. The van der Waals surface area contributed by atoms with Crippen molar-refractivity contribution in [2.24, 2.45) is 0 Å². The molecule has 0 aliphatic rings. The molecule has 0 aliphatic heterocycles. The molecule has 0 unspecified atom stereocenters. The fourth-order valence-electron chi connectivity index (χ4n) is 3.13. The molecule has 0 fully saturated rings. The van der Waals surface area contributed by atoms with Gasteiger partial charge in [0, 0.05) is 16.6 Å². The maximum Gasteiger partial charge on any atom is 0.228 e. The number of aryl methyl sites for hydroxylation is 1. The van der Waals surface area contributed by atoms with E-state index in [0.717, 1.165) is 22.1 Å². The second-order valence-electron chi connectivity index (χ2n) is 6.70.